The molecule has 0 saturated heterocycles. The van der Waals surface area contributed by atoms with Crippen LogP contribution < -0.4 is 5.32 Å². The van der Waals surface area contributed by atoms with Crippen LogP contribution in [0.1, 0.15) is 27.0 Å². The van der Waals surface area contributed by atoms with Crippen molar-refractivity contribution in [2.45, 2.75) is 26.5 Å². The fourth-order valence-corrected chi connectivity index (χ4v) is 2.84. The Kier molecular flexibility index (Phi) is 4.53. The monoisotopic (exact) mass is 261 g/mol. The maximum absolute atomic E-state index is 10.1. The van der Waals surface area contributed by atoms with Crippen LogP contribution in [0.4, 0.5) is 0 Å². The second kappa shape index (κ2) is 6.14. The van der Waals surface area contributed by atoms with Gasteiger partial charge in [0.05, 0.1) is 6.10 Å². The van der Waals surface area contributed by atoms with Gasteiger partial charge in [-0.05, 0) is 37.1 Å². The zero-order chi connectivity index (χ0) is 13.0. The zero-order valence-electron chi connectivity index (χ0n) is 10.8. The third-order valence-corrected chi connectivity index (χ3v) is 3.98. The van der Waals surface area contributed by atoms with Gasteiger partial charge in [-0.15, -0.1) is 11.3 Å². The summed E-state index contributed by atoms with van der Waals surface area (Å²) in [5.41, 5.74) is 2.14. The number of hydrogen-bond donors (Lipinski definition) is 2. The van der Waals surface area contributed by atoms with E-state index in [0.717, 1.165) is 17.7 Å². The second-order valence-electron chi connectivity index (χ2n) is 4.52. The van der Waals surface area contributed by atoms with E-state index < -0.39 is 6.10 Å². The fourth-order valence-electron chi connectivity index (χ4n) is 1.98. The van der Waals surface area contributed by atoms with Crippen LogP contribution in [0.5, 0.6) is 0 Å². The molecule has 0 aliphatic carbocycles. The van der Waals surface area contributed by atoms with Crippen molar-refractivity contribution in [3.8, 4) is 0 Å². The number of aliphatic hydroxyl groups excluding tert-OH is 1. The summed E-state index contributed by atoms with van der Waals surface area (Å²) in [6.45, 7) is 5.54. The predicted octanol–water partition coefficient (Wildman–Crippen LogP) is 3.19. The minimum atomic E-state index is -0.438. The van der Waals surface area contributed by atoms with Gasteiger partial charge in [0.2, 0.25) is 0 Å². The van der Waals surface area contributed by atoms with Gasteiger partial charge in [0.1, 0.15) is 0 Å². The number of benzene rings is 1. The molecule has 3 heteroatoms. The lowest BCUT2D eigenvalue weighted by Crippen LogP contribution is -2.21. The Labute approximate surface area is 112 Å². The molecule has 96 valence electrons. The number of aliphatic hydroxyl groups is 1. The summed E-state index contributed by atoms with van der Waals surface area (Å²) in [6.07, 6.45) is -0.438. The van der Waals surface area contributed by atoms with Crippen LogP contribution in [-0.2, 0) is 6.54 Å². The van der Waals surface area contributed by atoms with Gasteiger partial charge in [-0.2, -0.15) is 0 Å². The quantitative estimate of drug-likeness (QED) is 0.866. The minimum Gasteiger partial charge on any atom is -0.387 e. The molecule has 0 aliphatic rings. The predicted molar refractivity (Wildman–Crippen MR) is 76.9 cm³/mol. The lowest BCUT2D eigenvalue weighted by Gasteiger charge is -2.14. The van der Waals surface area contributed by atoms with E-state index >= 15 is 0 Å². The molecule has 1 aromatic carbocycles. The third-order valence-electron chi connectivity index (χ3n) is 2.98. The van der Waals surface area contributed by atoms with Crippen molar-refractivity contribution in [3.05, 3.63) is 57.3 Å². The van der Waals surface area contributed by atoms with Crippen LogP contribution in [0.15, 0.2) is 36.4 Å². The first-order chi connectivity index (χ1) is 8.66. The maximum Gasteiger partial charge on any atom is 0.0917 e. The molecule has 0 amide bonds. The van der Waals surface area contributed by atoms with Crippen LogP contribution >= 0.6 is 11.3 Å². The van der Waals surface area contributed by atoms with E-state index in [1.165, 1.54) is 9.75 Å². The van der Waals surface area contributed by atoms with Crippen LogP contribution in [0.25, 0.3) is 0 Å². The summed E-state index contributed by atoms with van der Waals surface area (Å²) in [4.78, 5) is 2.63. The van der Waals surface area contributed by atoms with Gasteiger partial charge in [-0.1, -0.05) is 24.3 Å². The Morgan fingerprint density at radius 3 is 2.61 bits per heavy atom. The van der Waals surface area contributed by atoms with Gasteiger partial charge < -0.3 is 10.4 Å². The van der Waals surface area contributed by atoms with E-state index in [1.807, 2.05) is 31.2 Å². The Morgan fingerprint density at radius 1 is 1.17 bits per heavy atom. The topological polar surface area (TPSA) is 32.3 Å². The van der Waals surface area contributed by atoms with Gasteiger partial charge >= 0.3 is 0 Å². The first-order valence-corrected chi connectivity index (χ1v) is 6.98. The van der Waals surface area contributed by atoms with Gasteiger partial charge in [-0.25, -0.2) is 0 Å². The molecule has 0 saturated carbocycles. The summed E-state index contributed by atoms with van der Waals surface area (Å²) < 4.78 is 0. The number of nitrogens with one attached hydrogen (secondary N) is 1. The van der Waals surface area contributed by atoms with Gasteiger partial charge in [0, 0.05) is 22.8 Å². The lowest BCUT2D eigenvalue weighted by atomic mass is 10.0. The highest BCUT2D eigenvalue weighted by Crippen LogP contribution is 2.17. The van der Waals surface area contributed by atoms with Gasteiger partial charge in [-0.3, -0.25) is 0 Å². The molecule has 0 bridgehead atoms. The van der Waals surface area contributed by atoms with Gasteiger partial charge in [0.25, 0.3) is 0 Å². The standard InChI is InChI=1S/C15H19NOS/c1-11-5-3-4-6-14(11)15(17)10-16-9-13-8-7-12(2)18-13/h3-8,15-17H,9-10H2,1-2H3. The van der Waals surface area contributed by atoms with E-state index in [4.69, 9.17) is 0 Å². The number of aryl methyl sites for hydroxylation is 2. The minimum absolute atomic E-state index is 0.438. The molecule has 1 heterocycles. The van der Waals surface area contributed by atoms with Crippen molar-refractivity contribution in [2.75, 3.05) is 6.54 Å². The van der Waals surface area contributed by atoms with E-state index in [2.05, 4.69) is 24.4 Å². The molecule has 0 spiro atoms. The van der Waals surface area contributed by atoms with E-state index in [1.54, 1.807) is 11.3 Å². The average molecular weight is 261 g/mol. The smallest absolute Gasteiger partial charge is 0.0917 e. The highest BCUT2D eigenvalue weighted by molar-refractivity contribution is 7.11. The van der Waals surface area contributed by atoms with Crippen molar-refractivity contribution < 1.29 is 5.11 Å². The zero-order valence-corrected chi connectivity index (χ0v) is 11.6. The SMILES string of the molecule is Cc1ccc(CNCC(O)c2ccccc2C)s1. The van der Waals surface area contributed by atoms with Crippen molar-refractivity contribution in [2.24, 2.45) is 0 Å². The first-order valence-electron chi connectivity index (χ1n) is 6.16. The Balaban J connectivity index is 1.85. The molecule has 0 radical (unpaired) electrons. The van der Waals surface area contributed by atoms with Gasteiger partial charge in [0.15, 0.2) is 0 Å². The number of rotatable bonds is 5. The average Bonchev–Trinajstić information content (AvgIpc) is 2.75. The van der Waals surface area contributed by atoms with Crippen molar-refractivity contribution in [3.63, 3.8) is 0 Å². The van der Waals surface area contributed by atoms with Crippen LogP contribution in [0.3, 0.4) is 0 Å². The summed E-state index contributed by atoms with van der Waals surface area (Å²) in [5, 5.41) is 13.4. The highest BCUT2D eigenvalue weighted by Gasteiger charge is 2.09. The largest absolute Gasteiger partial charge is 0.387 e. The molecular formula is C15H19NOS. The molecule has 1 aromatic heterocycles. The molecule has 0 aliphatic heterocycles. The van der Waals surface area contributed by atoms with Crippen molar-refractivity contribution in [1.29, 1.82) is 0 Å². The fraction of sp³-hybridized carbons (Fsp3) is 0.333. The molecule has 1 atom stereocenters. The molecule has 2 N–H and O–H groups in total. The first kappa shape index (κ1) is 13.3. The summed E-state index contributed by atoms with van der Waals surface area (Å²) >= 11 is 1.79. The third kappa shape index (κ3) is 3.42. The van der Waals surface area contributed by atoms with Crippen molar-refractivity contribution >= 4 is 11.3 Å². The van der Waals surface area contributed by atoms with Crippen LogP contribution in [0, 0.1) is 13.8 Å². The number of hydrogen-bond acceptors (Lipinski definition) is 3. The summed E-state index contributed by atoms with van der Waals surface area (Å²) in [7, 11) is 0. The molecule has 0 fully saturated rings. The highest BCUT2D eigenvalue weighted by atomic mass is 32.1. The normalized spacial score (nSPS) is 12.6. The van der Waals surface area contributed by atoms with Crippen LogP contribution in [0.2, 0.25) is 0 Å². The van der Waals surface area contributed by atoms with Crippen molar-refractivity contribution in [1.82, 2.24) is 5.32 Å². The Morgan fingerprint density at radius 2 is 1.94 bits per heavy atom. The second-order valence-corrected chi connectivity index (χ2v) is 5.89. The molecular weight excluding hydrogens is 242 g/mol. The Hall–Kier alpha value is -1.16. The lowest BCUT2D eigenvalue weighted by molar-refractivity contribution is 0.174. The molecule has 2 nitrogen and oxygen atoms in total. The van der Waals surface area contributed by atoms with Crippen LogP contribution in [-0.4, -0.2) is 11.7 Å². The van der Waals surface area contributed by atoms with E-state index in [9.17, 15) is 5.11 Å². The number of thiophene rings is 1. The molecule has 18 heavy (non-hydrogen) atoms. The maximum atomic E-state index is 10.1. The van der Waals surface area contributed by atoms with E-state index in [-0.39, 0.29) is 0 Å². The van der Waals surface area contributed by atoms with E-state index in [0.29, 0.717) is 6.54 Å². The Bertz CT molecular complexity index is 507. The molecule has 1 unspecified atom stereocenters. The summed E-state index contributed by atoms with van der Waals surface area (Å²) in [5.74, 6) is 0. The molecule has 2 aromatic rings. The molecule has 2 rings (SSSR count). The summed E-state index contributed by atoms with van der Waals surface area (Å²) in [6, 6.07) is 12.2.